The van der Waals surface area contributed by atoms with Gasteiger partial charge in [0.15, 0.2) is 0 Å². The third-order valence-electron chi connectivity index (χ3n) is 0.885. The number of nitrogens with one attached hydrogen (secondary N) is 1. The van der Waals surface area contributed by atoms with E-state index in [0.717, 1.165) is 5.56 Å². The molecule has 0 aliphatic carbocycles. The van der Waals surface area contributed by atoms with E-state index in [-0.39, 0.29) is 0 Å². The summed E-state index contributed by atoms with van der Waals surface area (Å²) >= 11 is 5.54. The summed E-state index contributed by atoms with van der Waals surface area (Å²) in [5, 5.41) is 6.75. The van der Waals surface area contributed by atoms with Crippen LogP contribution in [0.25, 0.3) is 0 Å². The molecule has 0 bridgehead atoms. The average Bonchev–Trinajstić information content (AvgIpc) is 2.14. The van der Waals surface area contributed by atoms with E-state index < -0.39 is 0 Å². The fraction of sp³-hybridized carbons (Fsp3) is 0.250. The number of aromatic nitrogens is 2. The molecular formula is C4H6ClN3. The number of hydrogen-bond donors (Lipinski definition) is 2. The first kappa shape index (κ1) is 5.59. The minimum Gasteiger partial charge on any atom is -0.326 e. The lowest BCUT2D eigenvalue weighted by Crippen LogP contribution is -1.93. The molecule has 1 aromatic rings. The molecule has 8 heavy (non-hydrogen) atoms. The molecule has 0 fully saturated rings. The molecule has 0 radical (unpaired) electrons. The van der Waals surface area contributed by atoms with Gasteiger partial charge in [-0.05, 0) is 0 Å². The number of nitrogens with two attached hydrogens (primary N) is 1. The van der Waals surface area contributed by atoms with Crippen LogP contribution in [0.15, 0.2) is 6.20 Å². The number of rotatable bonds is 1. The first-order valence-corrected chi connectivity index (χ1v) is 2.60. The van der Waals surface area contributed by atoms with E-state index in [1.165, 1.54) is 0 Å². The van der Waals surface area contributed by atoms with E-state index in [0.29, 0.717) is 11.7 Å². The molecule has 3 nitrogen and oxygen atoms in total. The molecular weight excluding hydrogens is 126 g/mol. The van der Waals surface area contributed by atoms with Crippen LogP contribution in [0.2, 0.25) is 5.15 Å². The molecule has 1 rings (SSSR count). The van der Waals surface area contributed by atoms with Crippen LogP contribution in [0.5, 0.6) is 0 Å². The zero-order chi connectivity index (χ0) is 5.98. The van der Waals surface area contributed by atoms with E-state index in [1.807, 2.05) is 0 Å². The van der Waals surface area contributed by atoms with Crippen molar-refractivity contribution >= 4 is 11.6 Å². The number of H-pyrrole nitrogens is 1. The predicted molar refractivity (Wildman–Crippen MR) is 31.5 cm³/mol. The van der Waals surface area contributed by atoms with Gasteiger partial charge in [0, 0.05) is 12.1 Å². The number of halogens is 1. The van der Waals surface area contributed by atoms with Gasteiger partial charge >= 0.3 is 0 Å². The standard InChI is InChI=1S/C4H6ClN3/c5-4-3(1-6)2-7-8-4/h2H,1,6H2,(H,7,8). The quantitative estimate of drug-likeness (QED) is 0.584. The fourth-order valence-corrected chi connectivity index (χ4v) is 0.612. The second-order valence-electron chi connectivity index (χ2n) is 1.41. The highest BCUT2D eigenvalue weighted by Crippen LogP contribution is 2.08. The first-order chi connectivity index (χ1) is 3.84. The Hall–Kier alpha value is -0.540. The highest BCUT2D eigenvalue weighted by Gasteiger charge is 1.95. The SMILES string of the molecule is NCc1cn[nH]c1Cl. The predicted octanol–water partition coefficient (Wildman–Crippen LogP) is 0.522. The summed E-state index contributed by atoms with van der Waals surface area (Å²) in [5.41, 5.74) is 6.10. The Labute approximate surface area is 51.8 Å². The van der Waals surface area contributed by atoms with Crippen molar-refractivity contribution in [1.82, 2.24) is 10.2 Å². The molecule has 0 saturated carbocycles. The molecule has 0 unspecified atom stereocenters. The van der Waals surface area contributed by atoms with Crippen molar-refractivity contribution in [2.75, 3.05) is 0 Å². The maximum atomic E-state index is 5.54. The summed E-state index contributed by atoms with van der Waals surface area (Å²) < 4.78 is 0. The largest absolute Gasteiger partial charge is 0.326 e. The van der Waals surface area contributed by atoms with Crippen LogP contribution in [-0.4, -0.2) is 10.2 Å². The molecule has 4 heteroatoms. The maximum absolute atomic E-state index is 5.54. The molecule has 44 valence electrons. The van der Waals surface area contributed by atoms with E-state index >= 15 is 0 Å². The van der Waals surface area contributed by atoms with Crippen LogP contribution in [0, 0.1) is 0 Å². The summed E-state index contributed by atoms with van der Waals surface area (Å²) in [6.07, 6.45) is 1.61. The van der Waals surface area contributed by atoms with Crippen molar-refractivity contribution < 1.29 is 0 Å². The Balaban J connectivity index is 2.92. The van der Waals surface area contributed by atoms with Gasteiger partial charge in [-0.3, -0.25) is 5.10 Å². The van der Waals surface area contributed by atoms with Crippen LogP contribution in [0.4, 0.5) is 0 Å². The molecule has 0 aliphatic heterocycles. The molecule has 3 N–H and O–H groups in total. The maximum Gasteiger partial charge on any atom is 0.128 e. The van der Waals surface area contributed by atoms with Gasteiger partial charge in [0.25, 0.3) is 0 Å². The molecule has 0 atom stereocenters. The summed E-state index contributed by atoms with van der Waals surface area (Å²) in [6, 6.07) is 0. The smallest absolute Gasteiger partial charge is 0.128 e. The van der Waals surface area contributed by atoms with Gasteiger partial charge in [-0.2, -0.15) is 5.10 Å². The lowest BCUT2D eigenvalue weighted by atomic mass is 10.4. The average molecular weight is 132 g/mol. The Kier molecular flexibility index (Phi) is 1.50. The number of hydrogen-bond acceptors (Lipinski definition) is 2. The van der Waals surface area contributed by atoms with Crippen molar-refractivity contribution in [2.45, 2.75) is 6.54 Å². The Morgan fingerprint density at radius 3 is 2.88 bits per heavy atom. The van der Waals surface area contributed by atoms with Crippen molar-refractivity contribution in [3.05, 3.63) is 16.9 Å². The highest BCUT2D eigenvalue weighted by molar-refractivity contribution is 6.30. The lowest BCUT2D eigenvalue weighted by molar-refractivity contribution is 1.07. The molecule has 0 amide bonds. The van der Waals surface area contributed by atoms with E-state index in [2.05, 4.69) is 10.2 Å². The van der Waals surface area contributed by atoms with Gasteiger partial charge in [-0.25, -0.2) is 0 Å². The van der Waals surface area contributed by atoms with Gasteiger partial charge in [0.1, 0.15) is 5.15 Å². The van der Waals surface area contributed by atoms with Gasteiger partial charge in [0.2, 0.25) is 0 Å². The number of nitrogens with zero attached hydrogens (tertiary/aromatic N) is 1. The van der Waals surface area contributed by atoms with Crippen LogP contribution in [0.3, 0.4) is 0 Å². The highest BCUT2D eigenvalue weighted by atomic mass is 35.5. The summed E-state index contributed by atoms with van der Waals surface area (Å²) in [5.74, 6) is 0. The molecule has 1 heterocycles. The second kappa shape index (κ2) is 2.15. The van der Waals surface area contributed by atoms with Crippen LogP contribution in [-0.2, 0) is 6.54 Å². The summed E-state index contributed by atoms with van der Waals surface area (Å²) in [4.78, 5) is 0. The van der Waals surface area contributed by atoms with Crippen molar-refractivity contribution in [3.63, 3.8) is 0 Å². The van der Waals surface area contributed by atoms with Crippen molar-refractivity contribution in [1.29, 1.82) is 0 Å². The van der Waals surface area contributed by atoms with Crippen LogP contribution >= 0.6 is 11.6 Å². The minimum atomic E-state index is 0.440. The minimum absolute atomic E-state index is 0.440. The van der Waals surface area contributed by atoms with Crippen molar-refractivity contribution in [3.8, 4) is 0 Å². The normalized spacial score (nSPS) is 9.75. The van der Waals surface area contributed by atoms with Gasteiger partial charge in [-0.15, -0.1) is 0 Å². The van der Waals surface area contributed by atoms with E-state index in [4.69, 9.17) is 17.3 Å². The van der Waals surface area contributed by atoms with Crippen LogP contribution in [0.1, 0.15) is 5.56 Å². The Morgan fingerprint density at radius 1 is 1.88 bits per heavy atom. The van der Waals surface area contributed by atoms with E-state index in [9.17, 15) is 0 Å². The topological polar surface area (TPSA) is 54.7 Å². The third kappa shape index (κ3) is 0.827. The molecule has 0 spiro atoms. The lowest BCUT2D eigenvalue weighted by Gasteiger charge is -1.84. The monoisotopic (exact) mass is 131 g/mol. The van der Waals surface area contributed by atoms with Crippen molar-refractivity contribution in [2.24, 2.45) is 5.73 Å². The molecule has 0 aromatic carbocycles. The summed E-state index contributed by atoms with van der Waals surface area (Å²) in [7, 11) is 0. The van der Waals surface area contributed by atoms with Gasteiger partial charge in [0.05, 0.1) is 6.20 Å². The zero-order valence-corrected chi connectivity index (χ0v) is 4.94. The van der Waals surface area contributed by atoms with Gasteiger partial charge in [-0.1, -0.05) is 11.6 Å². The molecule has 0 saturated heterocycles. The summed E-state index contributed by atoms with van der Waals surface area (Å²) in [6.45, 7) is 0.440. The number of aromatic amines is 1. The Morgan fingerprint density at radius 2 is 2.62 bits per heavy atom. The zero-order valence-electron chi connectivity index (χ0n) is 4.19. The third-order valence-corrected chi connectivity index (χ3v) is 1.21. The molecule has 1 aromatic heterocycles. The van der Waals surface area contributed by atoms with E-state index in [1.54, 1.807) is 6.20 Å². The molecule has 0 aliphatic rings. The first-order valence-electron chi connectivity index (χ1n) is 2.22. The second-order valence-corrected chi connectivity index (χ2v) is 1.79. The Bertz CT molecular complexity index is 172. The fourth-order valence-electron chi connectivity index (χ4n) is 0.438. The van der Waals surface area contributed by atoms with Gasteiger partial charge < -0.3 is 5.73 Å². The van der Waals surface area contributed by atoms with Crippen LogP contribution < -0.4 is 5.73 Å².